The number of fused-ring (bicyclic) bond motifs is 1. The van der Waals surface area contributed by atoms with Crippen molar-refractivity contribution in [1.82, 2.24) is 5.32 Å². The van der Waals surface area contributed by atoms with Crippen molar-refractivity contribution in [2.75, 3.05) is 25.8 Å². The van der Waals surface area contributed by atoms with E-state index in [1.807, 2.05) is 43.3 Å². The number of benzene rings is 2. The van der Waals surface area contributed by atoms with E-state index in [2.05, 4.69) is 10.6 Å². The van der Waals surface area contributed by atoms with Crippen LogP contribution < -0.4 is 24.8 Å². The number of ether oxygens (including phenoxy) is 3. The molecule has 132 valence electrons. The number of anilines is 1. The van der Waals surface area contributed by atoms with Gasteiger partial charge in [-0.05, 0) is 24.6 Å². The number of nitrogens with one attached hydrogen (secondary N) is 2. The first-order valence-corrected chi connectivity index (χ1v) is 8.20. The summed E-state index contributed by atoms with van der Waals surface area (Å²) in [4.78, 5) is 12.0. The van der Waals surface area contributed by atoms with Gasteiger partial charge in [-0.1, -0.05) is 18.2 Å². The van der Waals surface area contributed by atoms with E-state index in [4.69, 9.17) is 14.2 Å². The number of carbonyl (C=O) groups excluding carboxylic acids is 1. The van der Waals surface area contributed by atoms with Gasteiger partial charge in [0.1, 0.15) is 5.75 Å². The van der Waals surface area contributed by atoms with E-state index in [1.165, 1.54) is 0 Å². The molecule has 0 aliphatic carbocycles. The molecule has 1 aliphatic rings. The molecule has 0 saturated carbocycles. The van der Waals surface area contributed by atoms with E-state index in [-0.39, 0.29) is 12.7 Å². The maximum absolute atomic E-state index is 12.0. The highest BCUT2D eigenvalue weighted by atomic mass is 16.7. The minimum absolute atomic E-state index is 0.0144. The molecule has 3 rings (SSSR count). The Balaban J connectivity index is 1.49. The standard InChI is InChI=1S/C19H22N2O4/c1-13-5-3-4-6-15(13)21-19(22)7-8-20-11-14-9-17-18(25-12-24-17)10-16(14)23-2/h3-6,9-10,20H,7-8,11-12H2,1-2H3,(H,21,22). The third-order valence-corrected chi connectivity index (χ3v) is 4.04. The summed E-state index contributed by atoms with van der Waals surface area (Å²) < 4.78 is 16.1. The number of para-hydroxylation sites is 1. The van der Waals surface area contributed by atoms with Crippen LogP contribution >= 0.6 is 0 Å². The lowest BCUT2D eigenvalue weighted by Crippen LogP contribution is -2.22. The summed E-state index contributed by atoms with van der Waals surface area (Å²) in [6, 6.07) is 11.5. The van der Waals surface area contributed by atoms with Crippen molar-refractivity contribution in [2.24, 2.45) is 0 Å². The molecule has 0 spiro atoms. The van der Waals surface area contributed by atoms with Gasteiger partial charge >= 0.3 is 0 Å². The van der Waals surface area contributed by atoms with Gasteiger partial charge in [-0.3, -0.25) is 4.79 Å². The Kier molecular flexibility index (Phi) is 5.40. The quantitative estimate of drug-likeness (QED) is 0.757. The van der Waals surface area contributed by atoms with Crippen LogP contribution in [-0.2, 0) is 11.3 Å². The monoisotopic (exact) mass is 342 g/mol. The number of carbonyl (C=O) groups is 1. The summed E-state index contributed by atoms with van der Waals surface area (Å²) in [5.74, 6) is 2.13. The molecule has 1 aliphatic heterocycles. The smallest absolute Gasteiger partial charge is 0.231 e. The third-order valence-electron chi connectivity index (χ3n) is 4.04. The second kappa shape index (κ2) is 7.90. The molecular weight excluding hydrogens is 320 g/mol. The molecule has 0 unspecified atom stereocenters. The third kappa shape index (κ3) is 4.22. The van der Waals surface area contributed by atoms with Crippen LogP contribution in [-0.4, -0.2) is 26.4 Å². The molecule has 0 radical (unpaired) electrons. The van der Waals surface area contributed by atoms with E-state index in [1.54, 1.807) is 7.11 Å². The van der Waals surface area contributed by atoms with Gasteiger partial charge in [0.15, 0.2) is 11.5 Å². The fraction of sp³-hybridized carbons (Fsp3) is 0.316. The Hall–Kier alpha value is -2.73. The fourth-order valence-corrected chi connectivity index (χ4v) is 2.64. The van der Waals surface area contributed by atoms with Crippen LogP contribution in [0.3, 0.4) is 0 Å². The van der Waals surface area contributed by atoms with Crippen LogP contribution in [0.2, 0.25) is 0 Å². The Morgan fingerprint density at radius 1 is 1.20 bits per heavy atom. The topological polar surface area (TPSA) is 68.8 Å². The summed E-state index contributed by atoms with van der Waals surface area (Å²) in [5, 5.41) is 6.19. The predicted molar refractivity (Wildman–Crippen MR) is 95.2 cm³/mol. The van der Waals surface area contributed by atoms with Gasteiger partial charge in [-0.25, -0.2) is 0 Å². The largest absolute Gasteiger partial charge is 0.496 e. The van der Waals surface area contributed by atoms with Crippen molar-refractivity contribution >= 4 is 11.6 Å². The van der Waals surface area contributed by atoms with E-state index < -0.39 is 0 Å². The van der Waals surface area contributed by atoms with Crippen LogP contribution in [0, 0.1) is 6.92 Å². The summed E-state index contributed by atoms with van der Waals surface area (Å²) in [6.07, 6.45) is 0.390. The number of hydrogen-bond donors (Lipinski definition) is 2. The van der Waals surface area contributed by atoms with Crippen molar-refractivity contribution in [2.45, 2.75) is 19.9 Å². The zero-order valence-corrected chi connectivity index (χ0v) is 14.4. The zero-order chi connectivity index (χ0) is 17.6. The minimum Gasteiger partial charge on any atom is -0.496 e. The van der Waals surface area contributed by atoms with Gasteiger partial charge in [0, 0.05) is 36.8 Å². The van der Waals surface area contributed by atoms with Crippen LogP contribution in [0.15, 0.2) is 36.4 Å². The van der Waals surface area contributed by atoms with Gasteiger partial charge in [-0.15, -0.1) is 0 Å². The maximum atomic E-state index is 12.0. The van der Waals surface area contributed by atoms with E-state index in [0.29, 0.717) is 25.3 Å². The van der Waals surface area contributed by atoms with Gasteiger partial charge in [0.25, 0.3) is 0 Å². The summed E-state index contributed by atoms with van der Waals surface area (Å²) in [7, 11) is 1.62. The van der Waals surface area contributed by atoms with Gasteiger partial charge in [0.2, 0.25) is 12.7 Å². The molecule has 0 fully saturated rings. The zero-order valence-electron chi connectivity index (χ0n) is 14.4. The maximum Gasteiger partial charge on any atom is 0.231 e. The molecule has 25 heavy (non-hydrogen) atoms. The molecule has 2 aromatic carbocycles. The molecule has 6 heteroatoms. The predicted octanol–water partition coefficient (Wildman–Crippen LogP) is 2.85. The van der Waals surface area contributed by atoms with E-state index in [0.717, 1.165) is 28.3 Å². The van der Waals surface area contributed by atoms with Crippen molar-refractivity contribution in [3.8, 4) is 17.2 Å². The minimum atomic E-state index is -0.0144. The number of rotatable bonds is 7. The van der Waals surface area contributed by atoms with Crippen LogP contribution in [0.25, 0.3) is 0 Å². The van der Waals surface area contributed by atoms with Gasteiger partial charge in [-0.2, -0.15) is 0 Å². The van der Waals surface area contributed by atoms with Gasteiger partial charge in [0.05, 0.1) is 7.11 Å². The lowest BCUT2D eigenvalue weighted by Gasteiger charge is -2.11. The van der Waals surface area contributed by atoms with Crippen molar-refractivity contribution in [3.63, 3.8) is 0 Å². The lowest BCUT2D eigenvalue weighted by molar-refractivity contribution is -0.116. The van der Waals surface area contributed by atoms with Gasteiger partial charge < -0.3 is 24.8 Å². The molecule has 1 heterocycles. The summed E-state index contributed by atoms with van der Waals surface area (Å²) in [6.45, 7) is 3.35. The molecule has 6 nitrogen and oxygen atoms in total. The second-order valence-electron chi connectivity index (χ2n) is 5.81. The molecular formula is C19H22N2O4. The molecule has 2 aromatic rings. The molecule has 1 amide bonds. The normalized spacial score (nSPS) is 12.1. The summed E-state index contributed by atoms with van der Waals surface area (Å²) >= 11 is 0. The Morgan fingerprint density at radius 3 is 2.72 bits per heavy atom. The van der Waals surface area contributed by atoms with Crippen LogP contribution in [0.1, 0.15) is 17.5 Å². The van der Waals surface area contributed by atoms with E-state index >= 15 is 0 Å². The summed E-state index contributed by atoms with van der Waals surface area (Å²) in [5.41, 5.74) is 2.87. The molecule has 0 aromatic heterocycles. The average Bonchev–Trinajstić information content (AvgIpc) is 3.07. The van der Waals surface area contributed by atoms with E-state index in [9.17, 15) is 4.79 Å². The molecule has 2 N–H and O–H groups in total. The average molecular weight is 342 g/mol. The Morgan fingerprint density at radius 2 is 1.96 bits per heavy atom. The fourth-order valence-electron chi connectivity index (χ4n) is 2.64. The van der Waals surface area contributed by atoms with Crippen molar-refractivity contribution < 1.29 is 19.0 Å². The molecule has 0 atom stereocenters. The first-order chi connectivity index (χ1) is 12.2. The molecule has 0 saturated heterocycles. The first-order valence-electron chi connectivity index (χ1n) is 8.20. The number of aryl methyl sites for hydroxylation is 1. The van der Waals surface area contributed by atoms with Crippen LogP contribution in [0.5, 0.6) is 17.2 Å². The van der Waals surface area contributed by atoms with Crippen LogP contribution in [0.4, 0.5) is 5.69 Å². The number of amides is 1. The van der Waals surface area contributed by atoms with Crippen molar-refractivity contribution in [3.05, 3.63) is 47.5 Å². The SMILES string of the molecule is COc1cc2c(cc1CNCCC(=O)Nc1ccccc1C)OCO2. The Bertz CT molecular complexity index is 761. The Labute approximate surface area is 147 Å². The highest BCUT2D eigenvalue weighted by Crippen LogP contribution is 2.37. The molecule has 0 bridgehead atoms. The van der Waals surface area contributed by atoms with Crippen molar-refractivity contribution in [1.29, 1.82) is 0 Å². The first kappa shape index (κ1) is 17.1. The highest BCUT2D eigenvalue weighted by molar-refractivity contribution is 5.91. The second-order valence-corrected chi connectivity index (χ2v) is 5.81. The highest BCUT2D eigenvalue weighted by Gasteiger charge is 2.17. The number of methoxy groups -OCH3 is 1. The number of hydrogen-bond acceptors (Lipinski definition) is 5. The lowest BCUT2D eigenvalue weighted by atomic mass is 10.1.